The third-order valence-electron chi connectivity index (χ3n) is 5.71. The van der Waals surface area contributed by atoms with Gasteiger partial charge in [-0.1, -0.05) is 24.3 Å². The van der Waals surface area contributed by atoms with Gasteiger partial charge in [0.2, 0.25) is 5.91 Å². The van der Waals surface area contributed by atoms with Crippen molar-refractivity contribution in [2.24, 2.45) is 17.8 Å². The first-order valence-corrected chi connectivity index (χ1v) is 8.33. The van der Waals surface area contributed by atoms with Gasteiger partial charge >= 0.3 is 0 Å². The Labute approximate surface area is 138 Å². The third-order valence-corrected chi connectivity index (χ3v) is 5.71. The van der Waals surface area contributed by atoms with Gasteiger partial charge in [0.05, 0.1) is 0 Å². The van der Waals surface area contributed by atoms with Gasteiger partial charge < -0.3 is 10.6 Å². The van der Waals surface area contributed by atoms with E-state index in [0.29, 0.717) is 17.9 Å². The average Bonchev–Trinajstić information content (AvgIpc) is 3.03. The number of piperidine rings is 1. The smallest absolute Gasteiger partial charge is 0.223 e. The lowest BCUT2D eigenvalue weighted by atomic mass is 9.92. The number of halogens is 1. The maximum atomic E-state index is 12.3. The van der Waals surface area contributed by atoms with Crippen molar-refractivity contribution in [3.63, 3.8) is 0 Å². The zero-order chi connectivity index (χ0) is 14.4. The van der Waals surface area contributed by atoms with Crippen LogP contribution in [-0.2, 0) is 11.2 Å². The molecule has 3 unspecified atom stereocenters. The van der Waals surface area contributed by atoms with Crippen molar-refractivity contribution in [3.05, 3.63) is 35.4 Å². The molecule has 120 valence electrons. The Morgan fingerprint density at radius 3 is 3.00 bits per heavy atom. The van der Waals surface area contributed by atoms with Crippen LogP contribution < -0.4 is 10.6 Å². The second-order valence-corrected chi connectivity index (χ2v) is 7.08. The van der Waals surface area contributed by atoms with Gasteiger partial charge in [0.15, 0.2) is 0 Å². The molecule has 22 heavy (non-hydrogen) atoms. The van der Waals surface area contributed by atoms with Crippen LogP contribution in [0.2, 0.25) is 0 Å². The molecule has 1 aliphatic heterocycles. The van der Waals surface area contributed by atoms with Crippen LogP contribution in [0.25, 0.3) is 0 Å². The molecule has 1 amide bonds. The number of amides is 1. The van der Waals surface area contributed by atoms with Crippen molar-refractivity contribution in [1.82, 2.24) is 10.6 Å². The SMILES string of the molecule is C[C@H]1C[C@@H](C(=O)NCC2C3Cc4ccccc4C23)CCN1.Cl. The topological polar surface area (TPSA) is 41.1 Å². The molecule has 0 aromatic heterocycles. The van der Waals surface area contributed by atoms with Crippen LogP contribution in [0.5, 0.6) is 0 Å². The number of carbonyl (C=O) groups excluding carboxylic acids is 1. The Balaban J connectivity index is 0.00000144. The standard InChI is InChI=1S/C18H24N2O.ClH/c1-11-8-13(6-7-19-11)18(21)20-10-16-15-9-12-4-2-3-5-14(12)17(15)16;/h2-5,11,13,15-17,19H,6-10H2,1H3,(H,20,21);1H/t11-,13-,15?,16?,17?;/m0./s1. The van der Waals surface area contributed by atoms with E-state index >= 15 is 0 Å². The monoisotopic (exact) mass is 320 g/mol. The fourth-order valence-electron chi connectivity index (χ4n) is 4.49. The summed E-state index contributed by atoms with van der Waals surface area (Å²) in [5.41, 5.74) is 3.07. The Morgan fingerprint density at radius 2 is 2.18 bits per heavy atom. The van der Waals surface area contributed by atoms with Crippen LogP contribution >= 0.6 is 12.4 Å². The van der Waals surface area contributed by atoms with E-state index in [0.717, 1.165) is 31.8 Å². The zero-order valence-electron chi connectivity index (χ0n) is 13.0. The van der Waals surface area contributed by atoms with Crippen LogP contribution in [0.15, 0.2) is 24.3 Å². The molecule has 1 saturated heterocycles. The van der Waals surface area contributed by atoms with Gasteiger partial charge in [-0.3, -0.25) is 4.79 Å². The van der Waals surface area contributed by atoms with E-state index in [4.69, 9.17) is 0 Å². The molecule has 4 rings (SSSR count). The predicted molar refractivity (Wildman–Crippen MR) is 90.3 cm³/mol. The predicted octanol–water partition coefficient (Wildman–Crippen LogP) is 2.50. The van der Waals surface area contributed by atoms with Crippen LogP contribution in [0.1, 0.15) is 36.8 Å². The number of hydrogen-bond acceptors (Lipinski definition) is 2. The quantitative estimate of drug-likeness (QED) is 0.898. The van der Waals surface area contributed by atoms with Gasteiger partial charge in [-0.05, 0) is 61.6 Å². The molecule has 1 heterocycles. The largest absolute Gasteiger partial charge is 0.356 e. The molecule has 2 N–H and O–H groups in total. The van der Waals surface area contributed by atoms with Crippen molar-refractivity contribution in [3.8, 4) is 0 Å². The van der Waals surface area contributed by atoms with E-state index < -0.39 is 0 Å². The highest BCUT2D eigenvalue weighted by atomic mass is 35.5. The number of carbonyl (C=O) groups is 1. The minimum absolute atomic E-state index is 0. The van der Waals surface area contributed by atoms with Gasteiger partial charge in [0, 0.05) is 18.5 Å². The first-order chi connectivity index (χ1) is 10.2. The van der Waals surface area contributed by atoms with Gasteiger partial charge in [-0.25, -0.2) is 0 Å². The lowest BCUT2D eigenvalue weighted by molar-refractivity contribution is -0.126. The lowest BCUT2D eigenvalue weighted by Gasteiger charge is -2.27. The molecule has 1 saturated carbocycles. The highest BCUT2D eigenvalue weighted by Crippen LogP contribution is 2.60. The highest BCUT2D eigenvalue weighted by Gasteiger charge is 2.55. The fraction of sp³-hybridized carbons (Fsp3) is 0.611. The van der Waals surface area contributed by atoms with Crippen LogP contribution in [-0.4, -0.2) is 25.0 Å². The molecule has 1 aromatic carbocycles. The van der Waals surface area contributed by atoms with Crippen molar-refractivity contribution in [1.29, 1.82) is 0 Å². The molecule has 2 fully saturated rings. The molecule has 5 atom stereocenters. The zero-order valence-corrected chi connectivity index (χ0v) is 13.9. The van der Waals surface area contributed by atoms with Gasteiger partial charge in [0.25, 0.3) is 0 Å². The molecule has 0 spiro atoms. The van der Waals surface area contributed by atoms with Crippen molar-refractivity contribution in [2.45, 2.75) is 38.1 Å². The van der Waals surface area contributed by atoms with Crippen molar-refractivity contribution >= 4 is 18.3 Å². The summed E-state index contributed by atoms with van der Waals surface area (Å²) in [6.07, 6.45) is 3.18. The van der Waals surface area contributed by atoms with Gasteiger partial charge in [-0.2, -0.15) is 0 Å². The number of fused-ring (bicyclic) bond motifs is 3. The van der Waals surface area contributed by atoms with E-state index in [2.05, 4.69) is 41.8 Å². The minimum Gasteiger partial charge on any atom is -0.356 e. The maximum absolute atomic E-state index is 12.3. The van der Waals surface area contributed by atoms with E-state index in [-0.39, 0.29) is 24.2 Å². The van der Waals surface area contributed by atoms with E-state index in [1.807, 2.05) is 0 Å². The summed E-state index contributed by atoms with van der Waals surface area (Å²) >= 11 is 0. The number of hydrogen-bond donors (Lipinski definition) is 2. The van der Waals surface area contributed by atoms with Crippen molar-refractivity contribution in [2.75, 3.05) is 13.1 Å². The lowest BCUT2D eigenvalue weighted by Crippen LogP contribution is -2.42. The molecule has 1 aromatic rings. The molecule has 4 heteroatoms. The summed E-state index contributed by atoms with van der Waals surface area (Å²) in [4.78, 5) is 12.3. The van der Waals surface area contributed by atoms with E-state index in [9.17, 15) is 4.79 Å². The molecule has 2 aliphatic carbocycles. The molecule has 0 bridgehead atoms. The Morgan fingerprint density at radius 1 is 1.36 bits per heavy atom. The van der Waals surface area contributed by atoms with Crippen LogP contribution in [0.3, 0.4) is 0 Å². The fourth-order valence-corrected chi connectivity index (χ4v) is 4.49. The van der Waals surface area contributed by atoms with Gasteiger partial charge in [0.1, 0.15) is 0 Å². The van der Waals surface area contributed by atoms with Crippen LogP contribution in [0.4, 0.5) is 0 Å². The molecular weight excluding hydrogens is 296 g/mol. The molecule has 3 aliphatic rings. The first kappa shape index (κ1) is 15.8. The Hall–Kier alpha value is -1.06. The third kappa shape index (κ3) is 2.77. The summed E-state index contributed by atoms with van der Waals surface area (Å²) in [6, 6.07) is 9.29. The highest BCUT2D eigenvalue weighted by molar-refractivity contribution is 5.85. The Kier molecular flexibility index (Phi) is 4.47. The average molecular weight is 321 g/mol. The number of benzene rings is 1. The second-order valence-electron chi connectivity index (χ2n) is 7.08. The van der Waals surface area contributed by atoms with Gasteiger partial charge in [-0.15, -0.1) is 12.4 Å². The molecular formula is C18H25ClN2O. The number of nitrogens with one attached hydrogen (secondary N) is 2. The Bertz CT molecular complexity index is 562. The first-order valence-electron chi connectivity index (χ1n) is 8.33. The van der Waals surface area contributed by atoms with E-state index in [1.54, 1.807) is 0 Å². The normalized spacial score (nSPS) is 35.0. The second kappa shape index (κ2) is 6.21. The molecule has 0 radical (unpaired) electrons. The summed E-state index contributed by atoms with van der Waals surface area (Å²) < 4.78 is 0. The molecule has 3 nitrogen and oxygen atoms in total. The summed E-state index contributed by atoms with van der Waals surface area (Å²) in [5, 5.41) is 6.63. The number of rotatable bonds is 3. The summed E-state index contributed by atoms with van der Waals surface area (Å²) in [7, 11) is 0. The van der Waals surface area contributed by atoms with Crippen LogP contribution in [0, 0.1) is 17.8 Å². The van der Waals surface area contributed by atoms with E-state index in [1.165, 1.54) is 17.5 Å². The maximum Gasteiger partial charge on any atom is 0.223 e. The summed E-state index contributed by atoms with van der Waals surface area (Å²) in [6.45, 7) is 4.02. The minimum atomic E-state index is 0. The van der Waals surface area contributed by atoms with Crippen molar-refractivity contribution < 1.29 is 4.79 Å². The summed E-state index contributed by atoms with van der Waals surface area (Å²) in [5.74, 6) is 2.68.